The fourth-order valence-electron chi connectivity index (χ4n) is 2.71. The fraction of sp³-hybridized carbons (Fsp3) is 0.143. The number of hydrogen-bond acceptors (Lipinski definition) is 7. The van der Waals surface area contributed by atoms with E-state index >= 15 is 0 Å². The van der Waals surface area contributed by atoms with Gasteiger partial charge in [-0.25, -0.2) is 21.8 Å². The van der Waals surface area contributed by atoms with Gasteiger partial charge in [-0.1, -0.05) is 29.8 Å². The highest BCUT2D eigenvalue weighted by atomic mass is 35.5. The van der Waals surface area contributed by atoms with Crippen molar-refractivity contribution in [2.45, 2.75) is 16.3 Å². The third kappa shape index (κ3) is 5.84. The molecule has 0 atom stereocenters. The molecule has 1 N–H and O–H groups in total. The molecule has 168 valence electrons. The van der Waals surface area contributed by atoms with Crippen LogP contribution in [0, 0.1) is 0 Å². The Morgan fingerprint density at radius 1 is 1.00 bits per heavy atom. The normalized spacial score (nSPS) is 11.7. The first-order valence-corrected chi connectivity index (χ1v) is 13.3. The number of benzene rings is 2. The molecule has 0 saturated heterocycles. The van der Waals surface area contributed by atoms with Crippen LogP contribution in [0.15, 0.2) is 70.6 Å². The van der Waals surface area contributed by atoms with Gasteiger partial charge in [0.25, 0.3) is 5.91 Å². The van der Waals surface area contributed by atoms with Crippen LogP contribution < -0.4 is 10.1 Å². The molecule has 8 nitrogen and oxygen atoms in total. The van der Waals surface area contributed by atoms with Crippen molar-refractivity contribution in [3.05, 3.63) is 76.9 Å². The molecule has 0 fully saturated rings. The van der Waals surface area contributed by atoms with Crippen molar-refractivity contribution in [1.29, 1.82) is 0 Å². The molecule has 11 heteroatoms. The summed E-state index contributed by atoms with van der Waals surface area (Å²) in [5.41, 5.74) is 0.801. The number of pyridine rings is 1. The molecule has 2 aromatic carbocycles. The minimum Gasteiger partial charge on any atom is -0.438 e. The number of carbonyl (C=O) groups is 1. The van der Waals surface area contributed by atoms with Crippen LogP contribution in [-0.2, 0) is 26.2 Å². The van der Waals surface area contributed by atoms with Crippen molar-refractivity contribution >= 4 is 37.2 Å². The van der Waals surface area contributed by atoms with E-state index in [0.29, 0.717) is 5.56 Å². The second-order valence-corrected chi connectivity index (χ2v) is 11.3. The maximum Gasteiger partial charge on any atom is 0.253 e. The first-order valence-electron chi connectivity index (χ1n) is 9.15. The predicted octanol–water partition coefficient (Wildman–Crippen LogP) is 3.26. The summed E-state index contributed by atoms with van der Waals surface area (Å²) in [6.07, 6.45) is 3.46. The number of hydrogen-bond donors (Lipinski definition) is 1. The van der Waals surface area contributed by atoms with Crippen molar-refractivity contribution in [3.63, 3.8) is 0 Å². The van der Waals surface area contributed by atoms with E-state index in [0.717, 1.165) is 12.5 Å². The van der Waals surface area contributed by atoms with Crippen molar-refractivity contribution in [3.8, 4) is 11.6 Å². The maximum atomic E-state index is 12.4. The van der Waals surface area contributed by atoms with Gasteiger partial charge in [0.05, 0.1) is 10.5 Å². The second-order valence-electron chi connectivity index (χ2n) is 6.91. The van der Waals surface area contributed by atoms with Crippen LogP contribution in [0.5, 0.6) is 11.6 Å². The Kier molecular flexibility index (Phi) is 6.87. The van der Waals surface area contributed by atoms with Crippen molar-refractivity contribution in [2.24, 2.45) is 0 Å². The Labute approximate surface area is 191 Å². The third-order valence-electron chi connectivity index (χ3n) is 4.35. The average molecular weight is 495 g/mol. The monoisotopic (exact) mass is 494 g/mol. The van der Waals surface area contributed by atoms with Crippen LogP contribution >= 0.6 is 11.6 Å². The number of aromatic nitrogens is 1. The van der Waals surface area contributed by atoms with Crippen LogP contribution in [0.2, 0.25) is 5.02 Å². The zero-order valence-electron chi connectivity index (χ0n) is 17.1. The molecule has 0 saturated carbocycles. The molecule has 0 aliphatic rings. The molecular weight excluding hydrogens is 476 g/mol. The molecule has 0 aliphatic heterocycles. The fourth-order valence-corrected chi connectivity index (χ4v) is 4.47. The topological polar surface area (TPSA) is 119 Å². The Balaban J connectivity index is 1.68. The van der Waals surface area contributed by atoms with Crippen molar-refractivity contribution < 1.29 is 26.4 Å². The van der Waals surface area contributed by atoms with E-state index in [1.165, 1.54) is 48.7 Å². The quantitative estimate of drug-likeness (QED) is 0.535. The molecule has 32 heavy (non-hydrogen) atoms. The number of nitrogens with zero attached hydrogens (tertiary/aromatic N) is 1. The number of halogens is 1. The zero-order chi connectivity index (χ0) is 23.5. The smallest absolute Gasteiger partial charge is 0.253 e. The van der Waals surface area contributed by atoms with Crippen LogP contribution in [-0.4, -0.2) is 40.2 Å². The van der Waals surface area contributed by atoms with Crippen LogP contribution in [0.4, 0.5) is 0 Å². The highest BCUT2D eigenvalue weighted by Crippen LogP contribution is 2.27. The number of ether oxygens (including phenoxy) is 1. The summed E-state index contributed by atoms with van der Waals surface area (Å²) < 4.78 is 52.5. The Hall–Kier alpha value is -2.95. The zero-order valence-corrected chi connectivity index (χ0v) is 19.5. The molecule has 0 bridgehead atoms. The highest BCUT2D eigenvalue weighted by Gasteiger charge is 2.15. The highest BCUT2D eigenvalue weighted by molar-refractivity contribution is 7.91. The Morgan fingerprint density at radius 3 is 2.31 bits per heavy atom. The van der Waals surface area contributed by atoms with Crippen LogP contribution in [0.1, 0.15) is 15.9 Å². The summed E-state index contributed by atoms with van der Waals surface area (Å²) in [4.78, 5) is 16.6. The standard InChI is InChI=1S/C21H19ClN2O6S2/c1-31(26,27)16-9-7-14(17(22)11-16)12-24-21(25)15-8-10-20(23-13-15)30-18-5-3-4-6-19(18)32(2,28)29/h3-11,13H,12H2,1-2H3,(H,24,25). The van der Waals surface area contributed by atoms with E-state index in [9.17, 15) is 21.6 Å². The van der Waals surface area contributed by atoms with Gasteiger partial charge in [-0.2, -0.15) is 0 Å². The molecule has 1 heterocycles. The lowest BCUT2D eigenvalue weighted by Crippen LogP contribution is -2.23. The van der Waals surface area contributed by atoms with Gasteiger partial charge in [0.2, 0.25) is 5.88 Å². The van der Waals surface area contributed by atoms with Gasteiger partial charge in [0.1, 0.15) is 10.6 Å². The van der Waals surface area contributed by atoms with Gasteiger partial charge in [-0.15, -0.1) is 0 Å². The molecule has 1 amide bonds. The lowest BCUT2D eigenvalue weighted by atomic mass is 10.2. The summed E-state index contributed by atoms with van der Waals surface area (Å²) in [5, 5.41) is 2.90. The molecule has 0 unspecified atom stereocenters. The van der Waals surface area contributed by atoms with Gasteiger partial charge < -0.3 is 10.1 Å². The molecular formula is C21H19ClN2O6S2. The minimum atomic E-state index is -3.48. The molecule has 0 radical (unpaired) electrons. The lowest BCUT2D eigenvalue weighted by molar-refractivity contribution is 0.0950. The molecule has 3 aromatic rings. The van der Waals surface area contributed by atoms with Crippen molar-refractivity contribution in [2.75, 3.05) is 12.5 Å². The SMILES string of the molecule is CS(=O)(=O)c1ccc(CNC(=O)c2ccc(Oc3ccccc3S(C)(=O)=O)nc2)c(Cl)c1. The Morgan fingerprint density at radius 2 is 1.72 bits per heavy atom. The van der Waals surface area contributed by atoms with E-state index in [-0.39, 0.29) is 38.6 Å². The number of sulfone groups is 2. The largest absolute Gasteiger partial charge is 0.438 e. The predicted molar refractivity (Wildman–Crippen MR) is 120 cm³/mol. The number of amides is 1. The minimum absolute atomic E-state index is 0.0300. The molecule has 1 aromatic heterocycles. The molecule has 0 aliphatic carbocycles. The van der Waals surface area contributed by atoms with Crippen molar-refractivity contribution in [1.82, 2.24) is 10.3 Å². The van der Waals surface area contributed by atoms with E-state index in [2.05, 4.69) is 10.3 Å². The summed E-state index contributed by atoms with van der Waals surface area (Å²) in [6, 6.07) is 13.4. The Bertz CT molecular complexity index is 1370. The first kappa shape index (κ1) is 23.7. The van der Waals surface area contributed by atoms with E-state index < -0.39 is 25.6 Å². The van der Waals surface area contributed by atoms with Gasteiger partial charge in [-0.05, 0) is 35.9 Å². The van der Waals surface area contributed by atoms with E-state index in [4.69, 9.17) is 16.3 Å². The van der Waals surface area contributed by atoms with Gasteiger partial charge in [0.15, 0.2) is 19.7 Å². The second kappa shape index (κ2) is 9.27. The number of nitrogens with one attached hydrogen (secondary N) is 1. The average Bonchev–Trinajstić information content (AvgIpc) is 2.72. The first-order chi connectivity index (χ1) is 14.9. The summed E-state index contributed by atoms with van der Waals surface area (Å²) >= 11 is 6.12. The van der Waals surface area contributed by atoms with Crippen LogP contribution in [0.25, 0.3) is 0 Å². The van der Waals surface area contributed by atoms with Gasteiger partial charge in [0, 0.05) is 36.3 Å². The summed E-state index contributed by atoms with van der Waals surface area (Å²) in [5.74, 6) is -0.173. The third-order valence-corrected chi connectivity index (χ3v) is 6.95. The lowest BCUT2D eigenvalue weighted by Gasteiger charge is -2.10. The number of carbonyl (C=O) groups excluding carboxylic acids is 1. The molecule has 0 spiro atoms. The van der Waals surface area contributed by atoms with Crippen LogP contribution in [0.3, 0.4) is 0 Å². The van der Waals surface area contributed by atoms with E-state index in [1.807, 2.05) is 0 Å². The number of para-hydroxylation sites is 1. The van der Waals surface area contributed by atoms with Gasteiger partial charge >= 0.3 is 0 Å². The van der Waals surface area contributed by atoms with E-state index in [1.54, 1.807) is 12.1 Å². The summed E-state index contributed by atoms with van der Waals surface area (Å²) in [7, 11) is -6.86. The van der Waals surface area contributed by atoms with Gasteiger partial charge in [-0.3, -0.25) is 4.79 Å². The number of rotatable bonds is 7. The molecule has 3 rings (SSSR count). The maximum absolute atomic E-state index is 12.4. The summed E-state index contributed by atoms with van der Waals surface area (Å²) in [6.45, 7) is 0.0850.